The molecule has 2 aliphatic carbocycles. The molecule has 33 heavy (non-hydrogen) atoms. The first-order valence-electron chi connectivity index (χ1n) is 12.6. The molecule has 2 saturated heterocycles. The molecule has 2 amide bonds. The second-order valence-corrected chi connectivity index (χ2v) is 11.2. The third kappa shape index (κ3) is 4.28. The molecule has 6 nitrogen and oxygen atoms in total. The third-order valence-corrected chi connectivity index (χ3v) is 8.83. The predicted octanol–water partition coefficient (Wildman–Crippen LogP) is 3.58. The number of β-amino-alcohol motifs (C(OH)–C–C–N with tert-alkyl or cyclic N) is 1. The van der Waals surface area contributed by atoms with Crippen molar-refractivity contribution in [2.45, 2.75) is 68.0 Å². The SMILES string of the molecule is CN(C)[C@]1(c2cccc(F)c2)CC[C@]2(CC1)CN(CC1(O)CCOCC1)C(=O)N2CC1CC1. The monoisotopic (exact) mass is 459 g/mol. The van der Waals surface area contributed by atoms with Crippen molar-refractivity contribution in [2.75, 3.05) is 46.9 Å². The maximum Gasteiger partial charge on any atom is 0.320 e. The van der Waals surface area contributed by atoms with Gasteiger partial charge in [-0.3, -0.25) is 4.90 Å². The van der Waals surface area contributed by atoms with E-state index in [1.54, 1.807) is 12.1 Å². The number of rotatable bonds is 6. The summed E-state index contributed by atoms with van der Waals surface area (Å²) in [7, 11) is 4.16. The largest absolute Gasteiger partial charge is 0.388 e. The molecule has 4 fully saturated rings. The molecule has 0 unspecified atom stereocenters. The van der Waals surface area contributed by atoms with E-state index in [9.17, 15) is 14.3 Å². The van der Waals surface area contributed by atoms with E-state index in [-0.39, 0.29) is 22.9 Å². The van der Waals surface area contributed by atoms with E-state index in [1.165, 1.54) is 18.9 Å². The smallest absolute Gasteiger partial charge is 0.320 e. The second kappa shape index (κ2) is 8.51. The first-order chi connectivity index (χ1) is 15.8. The van der Waals surface area contributed by atoms with Gasteiger partial charge in [-0.05, 0) is 76.2 Å². The fourth-order valence-corrected chi connectivity index (χ4v) is 6.43. The van der Waals surface area contributed by atoms with Crippen molar-refractivity contribution < 1.29 is 19.0 Å². The average molecular weight is 460 g/mol. The molecule has 1 N–H and O–H groups in total. The first kappa shape index (κ1) is 23.1. The summed E-state index contributed by atoms with van der Waals surface area (Å²) in [6, 6.07) is 7.10. The molecule has 0 atom stereocenters. The van der Waals surface area contributed by atoms with Gasteiger partial charge in [-0.15, -0.1) is 0 Å². The van der Waals surface area contributed by atoms with Crippen LogP contribution < -0.4 is 0 Å². The summed E-state index contributed by atoms with van der Waals surface area (Å²) < 4.78 is 19.6. The number of urea groups is 1. The van der Waals surface area contributed by atoms with Crippen molar-refractivity contribution in [2.24, 2.45) is 5.92 Å². The molecule has 0 bridgehead atoms. The Balaban J connectivity index is 1.38. The van der Waals surface area contributed by atoms with Gasteiger partial charge in [-0.2, -0.15) is 0 Å². The van der Waals surface area contributed by atoms with Gasteiger partial charge in [0.2, 0.25) is 0 Å². The van der Waals surface area contributed by atoms with Gasteiger partial charge in [0, 0.05) is 44.7 Å². The van der Waals surface area contributed by atoms with Crippen LogP contribution >= 0.6 is 0 Å². The van der Waals surface area contributed by atoms with E-state index < -0.39 is 5.60 Å². The van der Waals surface area contributed by atoms with Crippen molar-refractivity contribution in [3.05, 3.63) is 35.6 Å². The molecule has 1 spiro atoms. The maximum atomic E-state index is 14.1. The van der Waals surface area contributed by atoms with Crippen LogP contribution in [0.3, 0.4) is 0 Å². The molecule has 182 valence electrons. The molecule has 2 aliphatic heterocycles. The zero-order valence-electron chi connectivity index (χ0n) is 20.1. The number of carbonyl (C=O) groups excluding carboxylic acids is 1. The number of hydrogen-bond acceptors (Lipinski definition) is 4. The average Bonchev–Trinajstić information content (AvgIpc) is 3.58. The predicted molar refractivity (Wildman–Crippen MR) is 124 cm³/mol. The lowest BCUT2D eigenvalue weighted by Crippen LogP contribution is -2.55. The molecule has 4 aliphatic rings. The summed E-state index contributed by atoms with van der Waals surface area (Å²) in [6.07, 6.45) is 7.09. The fraction of sp³-hybridized carbons (Fsp3) is 0.731. The normalized spacial score (nSPS) is 32.2. The molecular formula is C26H38FN3O3. The van der Waals surface area contributed by atoms with Crippen molar-refractivity contribution in [3.63, 3.8) is 0 Å². The fourth-order valence-electron chi connectivity index (χ4n) is 6.43. The lowest BCUT2D eigenvalue weighted by molar-refractivity contribution is -0.0739. The zero-order chi connectivity index (χ0) is 23.3. The molecule has 0 aromatic heterocycles. The van der Waals surface area contributed by atoms with Gasteiger partial charge in [0.05, 0.1) is 17.7 Å². The Kier molecular flexibility index (Phi) is 5.94. The van der Waals surface area contributed by atoms with E-state index in [4.69, 9.17) is 4.74 Å². The second-order valence-electron chi connectivity index (χ2n) is 11.2. The molecule has 5 rings (SSSR count). The summed E-state index contributed by atoms with van der Waals surface area (Å²) in [5, 5.41) is 11.1. The van der Waals surface area contributed by atoms with Crippen molar-refractivity contribution in [1.82, 2.24) is 14.7 Å². The Morgan fingerprint density at radius 3 is 2.42 bits per heavy atom. The van der Waals surface area contributed by atoms with Crippen LogP contribution in [0.25, 0.3) is 0 Å². The van der Waals surface area contributed by atoms with E-state index >= 15 is 0 Å². The number of halogens is 1. The number of aliphatic hydroxyl groups is 1. The van der Waals surface area contributed by atoms with Crippen LogP contribution in [0.4, 0.5) is 9.18 Å². The van der Waals surface area contributed by atoms with E-state index in [2.05, 4.69) is 23.9 Å². The van der Waals surface area contributed by atoms with E-state index in [0.717, 1.165) is 37.8 Å². The van der Waals surface area contributed by atoms with E-state index in [1.807, 2.05) is 11.0 Å². The van der Waals surface area contributed by atoms with Gasteiger partial charge in [0.25, 0.3) is 0 Å². The minimum atomic E-state index is -0.853. The lowest BCUT2D eigenvalue weighted by atomic mass is 9.68. The summed E-state index contributed by atoms with van der Waals surface area (Å²) in [5.74, 6) is 0.414. The van der Waals surface area contributed by atoms with Crippen LogP contribution in [-0.4, -0.2) is 83.9 Å². The zero-order valence-corrected chi connectivity index (χ0v) is 20.1. The molecule has 1 aromatic rings. The van der Waals surface area contributed by atoms with Crippen molar-refractivity contribution >= 4 is 6.03 Å². The Labute approximate surface area is 196 Å². The molecule has 0 radical (unpaired) electrons. The van der Waals surface area contributed by atoms with Gasteiger partial charge >= 0.3 is 6.03 Å². The quantitative estimate of drug-likeness (QED) is 0.707. The van der Waals surface area contributed by atoms with Gasteiger partial charge in [0.1, 0.15) is 5.82 Å². The third-order valence-electron chi connectivity index (χ3n) is 8.83. The summed E-state index contributed by atoms with van der Waals surface area (Å²) in [5.41, 5.74) is -0.259. The van der Waals surface area contributed by atoms with Gasteiger partial charge in [0.15, 0.2) is 0 Å². The summed E-state index contributed by atoms with van der Waals surface area (Å²) in [6.45, 7) is 2.99. The number of nitrogens with zero attached hydrogens (tertiary/aromatic N) is 3. The Morgan fingerprint density at radius 1 is 1.12 bits per heavy atom. The number of hydrogen-bond donors (Lipinski definition) is 1. The number of carbonyl (C=O) groups is 1. The molecule has 2 saturated carbocycles. The van der Waals surface area contributed by atoms with Gasteiger partial charge in [-0.1, -0.05) is 12.1 Å². The number of ether oxygens (including phenoxy) is 1. The topological polar surface area (TPSA) is 56.2 Å². The van der Waals surface area contributed by atoms with Crippen molar-refractivity contribution in [1.29, 1.82) is 0 Å². The Morgan fingerprint density at radius 2 is 1.82 bits per heavy atom. The van der Waals surface area contributed by atoms with Crippen LogP contribution in [0.1, 0.15) is 56.9 Å². The lowest BCUT2D eigenvalue weighted by Gasteiger charge is -2.51. The summed E-state index contributed by atoms with van der Waals surface area (Å²) >= 11 is 0. The molecular weight excluding hydrogens is 421 g/mol. The highest BCUT2D eigenvalue weighted by molar-refractivity contribution is 5.78. The summed E-state index contributed by atoms with van der Waals surface area (Å²) in [4.78, 5) is 19.9. The van der Waals surface area contributed by atoms with Crippen LogP contribution in [0.2, 0.25) is 0 Å². The Hall–Kier alpha value is -1.70. The molecule has 7 heteroatoms. The maximum absolute atomic E-state index is 14.1. The highest BCUT2D eigenvalue weighted by Gasteiger charge is 2.56. The van der Waals surface area contributed by atoms with Crippen LogP contribution in [-0.2, 0) is 10.3 Å². The minimum Gasteiger partial charge on any atom is -0.388 e. The highest BCUT2D eigenvalue weighted by atomic mass is 19.1. The van der Waals surface area contributed by atoms with Gasteiger partial charge in [-0.25, -0.2) is 9.18 Å². The van der Waals surface area contributed by atoms with Crippen LogP contribution in [0.5, 0.6) is 0 Å². The van der Waals surface area contributed by atoms with Gasteiger partial charge < -0.3 is 19.6 Å². The van der Waals surface area contributed by atoms with Crippen LogP contribution in [0, 0.1) is 11.7 Å². The van der Waals surface area contributed by atoms with Crippen LogP contribution in [0.15, 0.2) is 24.3 Å². The van der Waals surface area contributed by atoms with E-state index in [0.29, 0.717) is 45.1 Å². The Bertz CT molecular complexity index is 873. The standard InChI is InChI=1S/C26H38FN3O3/c1-28(2)26(21-4-3-5-22(27)16-21)10-8-24(9-11-26)18-29(19-25(32)12-14-33-15-13-25)23(31)30(24)17-20-6-7-20/h3-5,16,20,32H,6-15,17-19H2,1-2H3/t24-,26+. The minimum absolute atomic E-state index is 0.0879. The number of amides is 2. The molecule has 2 heterocycles. The first-order valence-corrected chi connectivity index (χ1v) is 12.6. The highest BCUT2D eigenvalue weighted by Crippen LogP contribution is 2.50. The molecule has 1 aromatic carbocycles. The number of benzene rings is 1. The van der Waals surface area contributed by atoms with Crippen molar-refractivity contribution in [3.8, 4) is 0 Å².